The molecule has 2 aromatic rings. The third-order valence-corrected chi connectivity index (χ3v) is 5.70. The number of likely N-dealkylation sites (tertiary alicyclic amines) is 1. The summed E-state index contributed by atoms with van der Waals surface area (Å²) in [6.07, 6.45) is 5.62. The maximum absolute atomic E-state index is 13.1. The lowest BCUT2D eigenvalue weighted by Crippen LogP contribution is -2.40. The molecule has 0 aliphatic carbocycles. The lowest BCUT2D eigenvalue weighted by atomic mass is 9.95. The zero-order valence-corrected chi connectivity index (χ0v) is 16.4. The normalized spacial score (nSPS) is 20.6. The first kappa shape index (κ1) is 18.1. The van der Waals surface area contributed by atoms with Gasteiger partial charge in [-0.3, -0.25) is 4.79 Å². The average molecular weight is 369 g/mol. The molecule has 7 heteroatoms. The van der Waals surface area contributed by atoms with Crippen LogP contribution >= 0.6 is 0 Å². The highest BCUT2D eigenvalue weighted by Crippen LogP contribution is 2.28. The van der Waals surface area contributed by atoms with Crippen LogP contribution in [0.1, 0.15) is 64.6 Å². The van der Waals surface area contributed by atoms with Gasteiger partial charge in [-0.2, -0.15) is 0 Å². The van der Waals surface area contributed by atoms with Crippen LogP contribution in [-0.2, 0) is 19.4 Å². The zero-order valence-electron chi connectivity index (χ0n) is 16.4. The number of carbonyl (C=O) groups excluding carboxylic acids is 1. The summed E-state index contributed by atoms with van der Waals surface area (Å²) in [6, 6.07) is 0. The second-order valence-corrected chi connectivity index (χ2v) is 7.69. The molecule has 0 aromatic carbocycles. The molecule has 2 aliphatic heterocycles. The highest BCUT2D eigenvalue weighted by atomic mass is 16.5. The van der Waals surface area contributed by atoms with Crippen LogP contribution in [0.15, 0.2) is 10.7 Å². The Hall–Kier alpha value is -2.28. The summed E-state index contributed by atoms with van der Waals surface area (Å²) in [5.41, 5.74) is 3.77. The molecule has 1 fully saturated rings. The van der Waals surface area contributed by atoms with Gasteiger partial charge >= 0.3 is 0 Å². The number of likely N-dealkylation sites (N-methyl/N-ethyl adjacent to an activating group) is 1. The van der Waals surface area contributed by atoms with Crippen LogP contribution in [-0.4, -0.2) is 57.5 Å². The van der Waals surface area contributed by atoms with E-state index in [2.05, 4.69) is 22.1 Å². The van der Waals surface area contributed by atoms with Crippen LogP contribution in [0, 0.1) is 6.92 Å². The van der Waals surface area contributed by atoms with E-state index in [1.807, 2.05) is 24.9 Å². The first-order chi connectivity index (χ1) is 13.1. The van der Waals surface area contributed by atoms with Gasteiger partial charge in [0.15, 0.2) is 0 Å². The highest BCUT2D eigenvalue weighted by molar-refractivity contribution is 5.96. The molecule has 1 amide bonds. The molecule has 1 atom stereocenters. The molecular weight excluding hydrogens is 342 g/mol. The number of carbonyl (C=O) groups is 1. The van der Waals surface area contributed by atoms with Crippen molar-refractivity contribution in [3.8, 4) is 0 Å². The summed E-state index contributed by atoms with van der Waals surface area (Å²) < 4.78 is 5.25. The van der Waals surface area contributed by atoms with E-state index in [4.69, 9.17) is 9.51 Å². The molecule has 0 radical (unpaired) electrons. The van der Waals surface area contributed by atoms with Gasteiger partial charge in [-0.25, -0.2) is 9.97 Å². The number of hydrogen-bond acceptors (Lipinski definition) is 6. The summed E-state index contributed by atoms with van der Waals surface area (Å²) in [6.45, 7) is 7.17. The predicted molar refractivity (Wildman–Crippen MR) is 101 cm³/mol. The summed E-state index contributed by atoms with van der Waals surface area (Å²) in [5.74, 6) is 1.70. The van der Waals surface area contributed by atoms with Crippen molar-refractivity contribution in [2.75, 3.05) is 26.7 Å². The molecule has 27 heavy (non-hydrogen) atoms. The van der Waals surface area contributed by atoms with Crippen LogP contribution in [0.3, 0.4) is 0 Å². The maximum atomic E-state index is 13.1. The second-order valence-electron chi connectivity index (χ2n) is 7.69. The Morgan fingerprint density at radius 1 is 1.37 bits per heavy atom. The van der Waals surface area contributed by atoms with Gasteiger partial charge in [-0.15, -0.1) is 0 Å². The summed E-state index contributed by atoms with van der Waals surface area (Å²) >= 11 is 0. The minimum Gasteiger partial charge on any atom is -0.361 e. The second kappa shape index (κ2) is 7.38. The first-order valence-electron chi connectivity index (χ1n) is 9.84. The molecule has 2 aromatic heterocycles. The molecule has 144 valence electrons. The Morgan fingerprint density at radius 3 is 3.04 bits per heavy atom. The lowest BCUT2D eigenvalue weighted by molar-refractivity contribution is 0.0701. The van der Waals surface area contributed by atoms with Gasteiger partial charge < -0.3 is 14.3 Å². The standard InChI is InChI=1S/C20H27N5O2/c1-4-16-18(13(2)27-23-16)20(26)25-8-5-6-14(12-25)19-21-10-15-11-24(3)9-7-17(15)22-19/h10,14H,4-9,11-12H2,1-3H3. The third kappa shape index (κ3) is 3.48. The quantitative estimate of drug-likeness (QED) is 0.827. The fraction of sp³-hybridized carbons (Fsp3) is 0.600. The topological polar surface area (TPSA) is 75.4 Å². The van der Waals surface area contributed by atoms with Crippen molar-refractivity contribution in [2.24, 2.45) is 0 Å². The zero-order chi connectivity index (χ0) is 19.0. The largest absolute Gasteiger partial charge is 0.361 e. The van der Waals surface area contributed by atoms with Gasteiger partial charge in [0.1, 0.15) is 17.1 Å². The molecule has 0 spiro atoms. The fourth-order valence-electron chi connectivity index (χ4n) is 4.13. The van der Waals surface area contributed by atoms with E-state index in [1.54, 1.807) is 0 Å². The van der Waals surface area contributed by atoms with Gasteiger partial charge in [0.05, 0.1) is 5.69 Å². The summed E-state index contributed by atoms with van der Waals surface area (Å²) in [5, 5.41) is 4.03. The maximum Gasteiger partial charge on any atom is 0.259 e. The fourth-order valence-corrected chi connectivity index (χ4v) is 4.13. The lowest BCUT2D eigenvalue weighted by Gasteiger charge is -2.32. The van der Waals surface area contributed by atoms with Gasteiger partial charge in [-0.05, 0) is 33.2 Å². The molecule has 0 bridgehead atoms. The highest BCUT2D eigenvalue weighted by Gasteiger charge is 2.31. The van der Waals surface area contributed by atoms with Crippen molar-refractivity contribution in [1.82, 2.24) is 24.9 Å². The van der Waals surface area contributed by atoms with Crippen molar-refractivity contribution in [2.45, 2.75) is 52.0 Å². The monoisotopic (exact) mass is 369 g/mol. The Kier molecular flexibility index (Phi) is 4.95. The van der Waals surface area contributed by atoms with E-state index < -0.39 is 0 Å². The van der Waals surface area contributed by atoms with E-state index in [9.17, 15) is 4.79 Å². The van der Waals surface area contributed by atoms with Crippen LogP contribution < -0.4 is 0 Å². The van der Waals surface area contributed by atoms with Gasteiger partial charge in [-0.1, -0.05) is 12.1 Å². The number of amides is 1. The third-order valence-electron chi connectivity index (χ3n) is 5.70. The first-order valence-corrected chi connectivity index (χ1v) is 9.84. The summed E-state index contributed by atoms with van der Waals surface area (Å²) in [7, 11) is 2.12. The molecule has 7 nitrogen and oxygen atoms in total. The van der Waals surface area contributed by atoms with E-state index in [0.717, 1.165) is 50.4 Å². The molecule has 0 saturated carbocycles. The van der Waals surface area contributed by atoms with Crippen LogP contribution in [0.25, 0.3) is 0 Å². The van der Waals surface area contributed by atoms with E-state index in [0.29, 0.717) is 24.3 Å². The van der Waals surface area contributed by atoms with Crippen molar-refractivity contribution >= 4 is 5.91 Å². The van der Waals surface area contributed by atoms with Gasteiger partial charge in [0.25, 0.3) is 5.91 Å². The van der Waals surface area contributed by atoms with Crippen molar-refractivity contribution in [3.63, 3.8) is 0 Å². The average Bonchev–Trinajstić information content (AvgIpc) is 3.07. The van der Waals surface area contributed by atoms with Crippen LogP contribution in [0.4, 0.5) is 0 Å². The van der Waals surface area contributed by atoms with Crippen LogP contribution in [0.5, 0.6) is 0 Å². The Bertz CT molecular complexity index is 847. The van der Waals surface area contributed by atoms with Crippen LogP contribution in [0.2, 0.25) is 0 Å². The summed E-state index contributed by atoms with van der Waals surface area (Å²) in [4.78, 5) is 26.8. The molecule has 1 saturated heterocycles. The number of nitrogens with zero attached hydrogens (tertiary/aromatic N) is 5. The molecule has 0 N–H and O–H groups in total. The molecule has 2 aliphatic rings. The van der Waals surface area contributed by atoms with Gasteiger partial charge in [0.2, 0.25) is 0 Å². The molecule has 4 rings (SSSR count). The van der Waals surface area contributed by atoms with Crippen molar-refractivity contribution in [1.29, 1.82) is 0 Å². The molecule has 4 heterocycles. The van der Waals surface area contributed by atoms with E-state index in [-0.39, 0.29) is 11.8 Å². The van der Waals surface area contributed by atoms with Crippen molar-refractivity contribution < 1.29 is 9.32 Å². The number of aryl methyl sites for hydroxylation is 2. The number of hydrogen-bond donors (Lipinski definition) is 0. The Labute approximate surface area is 159 Å². The van der Waals surface area contributed by atoms with Crippen molar-refractivity contribution in [3.05, 3.63) is 40.3 Å². The predicted octanol–water partition coefficient (Wildman–Crippen LogP) is 2.34. The smallest absolute Gasteiger partial charge is 0.259 e. The van der Waals surface area contributed by atoms with E-state index in [1.165, 1.54) is 11.3 Å². The van der Waals surface area contributed by atoms with E-state index >= 15 is 0 Å². The Balaban J connectivity index is 1.53. The Morgan fingerprint density at radius 2 is 2.22 bits per heavy atom. The molecule has 1 unspecified atom stereocenters. The van der Waals surface area contributed by atoms with Gasteiger partial charge in [0, 0.05) is 56.0 Å². The molecular formula is C20H27N5O2. The number of aromatic nitrogens is 3. The number of rotatable bonds is 3. The minimum absolute atomic E-state index is 0.0230. The number of piperidine rings is 1. The minimum atomic E-state index is 0.0230. The number of fused-ring (bicyclic) bond motifs is 1. The SMILES string of the molecule is CCc1noc(C)c1C(=O)N1CCCC(c2ncc3c(n2)CCN(C)C3)C1.